The molecule has 0 aliphatic carbocycles. The van der Waals surface area contributed by atoms with Gasteiger partial charge in [-0.2, -0.15) is 5.10 Å². The summed E-state index contributed by atoms with van der Waals surface area (Å²) in [6, 6.07) is 0. The van der Waals surface area contributed by atoms with E-state index in [2.05, 4.69) is 38.7 Å². The Morgan fingerprint density at radius 3 is 2.83 bits per heavy atom. The molecule has 3 heterocycles. The van der Waals surface area contributed by atoms with Gasteiger partial charge in [0.1, 0.15) is 5.82 Å². The quantitative estimate of drug-likeness (QED) is 0.710. The van der Waals surface area contributed by atoms with Crippen LogP contribution in [0.2, 0.25) is 0 Å². The highest BCUT2D eigenvalue weighted by atomic mass is 32.2. The van der Waals surface area contributed by atoms with E-state index in [9.17, 15) is 0 Å². The van der Waals surface area contributed by atoms with Crippen LogP contribution in [-0.4, -0.2) is 55.5 Å². The molecule has 2 aromatic rings. The van der Waals surface area contributed by atoms with Gasteiger partial charge in [-0.25, -0.2) is 0 Å². The lowest BCUT2D eigenvalue weighted by atomic mass is 10.2. The van der Waals surface area contributed by atoms with E-state index in [1.165, 1.54) is 11.3 Å². The van der Waals surface area contributed by atoms with E-state index in [4.69, 9.17) is 4.74 Å². The predicted molar refractivity (Wildman–Crippen MR) is 93.9 cm³/mol. The minimum absolute atomic E-state index is 0.288. The van der Waals surface area contributed by atoms with Crippen molar-refractivity contribution in [3.05, 3.63) is 23.3 Å². The summed E-state index contributed by atoms with van der Waals surface area (Å²) in [5.41, 5.74) is 2.45. The van der Waals surface area contributed by atoms with Crippen LogP contribution >= 0.6 is 11.8 Å². The second kappa shape index (κ2) is 7.67. The molecule has 0 radical (unpaired) electrons. The first kappa shape index (κ1) is 17.4. The van der Waals surface area contributed by atoms with Gasteiger partial charge in [-0.05, 0) is 33.1 Å². The van der Waals surface area contributed by atoms with Crippen LogP contribution in [0.15, 0.2) is 11.4 Å². The first-order valence-electron chi connectivity index (χ1n) is 8.32. The normalized spacial score (nSPS) is 18.0. The molecule has 1 atom stereocenters. The molecule has 8 heteroatoms. The van der Waals surface area contributed by atoms with Crippen molar-refractivity contribution in [3.63, 3.8) is 0 Å². The largest absolute Gasteiger partial charge is 0.376 e. The third-order valence-corrected chi connectivity index (χ3v) is 5.24. The Balaban J connectivity index is 1.69. The Morgan fingerprint density at radius 2 is 2.21 bits per heavy atom. The molecule has 0 bridgehead atoms. The molecular weight excluding hydrogens is 324 g/mol. The molecule has 1 unspecified atom stereocenters. The lowest BCUT2D eigenvalue weighted by Crippen LogP contribution is -2.23. The maximum absolute atomic E-state index is 5.79. The number of rotatable bonds is 7. The second-order valence-electron chi connectivity index (χ2n) is 6.40. The van der Waals surface area contributed by atoms with E-state index in [1.807, 2.05) is 24.2 Å². The highest BCUT2D eigenvalue weighted by Crippen LogP contribution is 2.20. The monoisotopic (exact) mass is 350 g/mol. The molecule has 132 valence electrons. The zero-order chi connectivity index (χ0) is 17.1. The molecule has 2 aromatic heterocycles. The van der Waals surface area contributed by atoms with Crippen LogP contribution < -0.4 is 0 Å². The van der Waals surface area contributed by atoms with Gasteiger partial charge in [0.25, 0.3) is 0 Å². The van der Waals surface area contributed by atoms with Crippen LogP contribution in [0.5, 0.6) is 0 Å². The van der Waals surface area contributed by atoms with Crippen molar-refractivity contribution in [2.75, 3.05) is 19.9 Å². The Kier molecular flexibility index (Phi) is 5.57. The smallest absolute Gasteiger partial charge is 0.191 e. The van der Waals surface area contributed by atoms with Crippen molar-refractivity contribution < 1.29 is 4.74 Å². The summed E-state index contributed by atoms with van der Waals surface area (Å²) in [5, 5.41) is 14.0. The van der Waals surface area contributed by atoms with E-state index >= 15 is 0 Å². The number of hydrogen-bond donors (Lipinski definition) is 0. The molecule has 1 aliphatic heterocycles. The Morgan fingerprint density at radius 1 is 1.38 bits per heavy atom. The molecule has 7 nitrogen and oxygen atoms in total. The molecular formula is C16H26N6OS. The standard InChI is InChI=1S/C16H26N6OS/c1-12-13(8-17-21(12)3)9-20(2)11-15-18-19-16(24-4)22(15)10-14-6-5-7-23-14/h8,14H,5-7,9-11H2,1-4H3. The van der Waals surface area contributed by atoms with Gasteiger partial charge in [-0.3, -0.25) is 9.58 Å². The van der Waals surface area contributed by atoms with Crippen LogP contribution in [0.4, 0.5) is 0 Å². The van der Waals surface area contributed by atoms with Gasteiger partial charge in [0, 0.05) is 31.5 Å². The molecule has 0 amide bonds. The fourth-order valence-electron chi connectivity index (χ4n) is 3.05. The molecule has 1 aliphatic rings. The van der Waals surface area contributed by atoms with Crippen LogP contribution in [0.3, 0.4) is 0 Å². The number of hydrogen-bond acceptors (Lipinski definition) is 6. The van der Waals surface area contributed by atoms with Crippen molar-refractivity contribution in [2.24, 2.45) is 7.05 Å². The zero-order valence-electron chi connectivity index (χ0n) is 14.9. The molecule has 0 spiro atoms. The Labute approximate surface area is 147 Å². The number of thioether (sulfide) groups is 1. The van der Waals surface area contributed by atoms with Crippen LogP contribution in [-0.2, 0) is 31.4 Å². The van der Waals surface area contributed by atoms with Crippen molar-refractivity contribution in [3.8, 4) is 0 Å². The number of aryl methyl sites for hydroxylation is 1. The molecule has 24 heavy (non-hydrogen) atoms. The lowest BCUT2D eigenvalue weighted by molar-refractivity contribution is 0.0934. The van der Waals surface area contributed by atoms with Gasteiger partial charge < -0.3 is 9.30 Å². The van der Waals surface area contributed by atoms with Crippen molar-refractivity contribution in [1.29, 1.82) is 0 Å². The summed E-state index contributed by atoms with van der Waals surface area (Å²) in [5.74, 6) is 0.999. The minimum atomic E-state index is 0.288. The van der Waals surface area contributed by atoms with Gasteiger partial charge in [0.05, 0.1) is 25.4 Å². The first-order valence-corrected chi connectivity index (χ1v) is 9.54. The third kappa shape index (κ3) is 3.81. The molecule has 1 fully saturated rings. The summed E-state index contributed by atoms with van der Waals surface area (Å²) < 4.78 is 9.92. The molecule has 0 saturated carbocycles. The van der Waals surface area contributed by atoms with E-state index < -0.39 is 0 Å². The number of aromatic nitrogens is 5. The SMILES string of the molecule is CSc1nnc(CN(C)Cc2cnn(C)c2C)n1CC1CCCO1. The highest BCUT2D eigenvalue weighted by molar-refractivity contribution is 7.98. The average Bonchev–Trinajstić information content (AvgIpc) is 3.27. The summed E-state index contributed by atoms with van der Waals surface area (Å²) in [7, 11) is 4.08. The van der Waals surface area contributed by atoms with Gasteiger partial charge in [0.15, 0.2) is 5.16 Å². The topological polar surface area (TPSA) is 61.0 Å². The minimum Gasteiger partial charge on any atom is -0.376 e. The molecule has 1 saturated heterocycles. The fourth-order valence-corrected chi connectivity index (χ4v) is 3.57. The van der Waals surface area contributed by atoms with Crippen molar-refractivity contribution in [1.82, 2.24) is 29.4 Å². The molecule has 0 aromatic carbocycles. The van der Waals surface area contributed by atoms with Crippen LogP contribution in [0.25, 0.3) is 0 Å². The summed E-state index contributed by atoms with van der Waals surface area (Å²) >= 11 is 1.64. The van der Waals surface area contributed by atoms with E-state index in [0.717, 1.165) is 50.1 Å². The summed E-state index contributed by atoms with van der Waals surface area (Å²) in [4.78, 5) is 2.25. The third-order valence-electron chi connectivity index (χ3n) is 4.57. The van der Waals surface area contributed by atoms with Gasteiger partial charge in [-0.15, -0.1) is 10.2 Å². The van der Waals surface area contributed by atoms with E-state index in [1.54, 1.807) is 11.8 Å². The van der Waals surface area contributed by atoms with Gasteiger partial charge in [-0.1, -0.05) is 11.8 Å². The van der Waals surface area contributed by atoms with Gasteiger partial charge in [0.2, 0.25) is 0 Å². The van der Waals surface area contributed by atoms with Crippen molar-refractivity contribution >= 4 is 11.8 Å². The first-order chi connectivity index (χ1) is 11.6. The zero-order valence-corrected chi connectivity index (χ0v) is 15.7. The van der Waals surface area contributed by atoms with E-state index in [0.29, 0.717) is 0 Å². The van der Waals surface area contributed by atoms with Crippen LogP contribution in [0, 0.1) is 6.92 Å². The van der Waals surface area contributed by atoms with Gasteiger partial charge >= 0.3 is 0 Å². The summed E-state index contributed by atoms with van der Waals surface area (Å²) in [6.45, 7) is 5.42. The fraction of sp³-hybridized carbons (Fsp3) is 0.688. The molecule has 3 rings (SSSR count). The summed E-state index contributed by atoms with van der Waals surface area (Å²) in [6.07, 6.45) is 6.54. The molecule has 0 N–H and O–H groups in total. The number of nitrogens with zero attached hydrogens (tertiary/aromatic N) is 6. The predicted octanol–water partition coefficient (Wildman–Crippen LogP) is 1.85. The highest BCUT2D eigenvalue weighted by Gasteiger charge is 2.21. The Bertz CT molecular complexity index is 676. The number of ether oxygens (including phenoxy) is 1. The average molecular weight is 350 g/mol. The lowest BCUT2D eigenvalue weighted by Gasteiger charge is -2.18. The van der Waals surface area contributed by atoms with E-state index in [-0.39, 0.29) is 6.10 Å². The Hall–Kier alpha value is -1.38. The second-order valence-corrected chi connectivity index (χ2v) is 7.17. The van der Waals surface area contributed by atoms with Crippen molar-refractivity contribution in [2.45, 2.75) is 50.7 Å². The van der Waals surface area contributed by atoms with Crippen LogP contribution in [0.1, 0.15) is 29.9 Å². The maximum Gasteiger partial charge on any atom is 0.191 e. The maximum atomic E-state index is 5.79.